The number of aliphatic carboxylic acids is 1. The average Bonchev–Trinajstić information content (AvgIpc) is 3.99. The maximum atomic E-state index is 14.4. The van der Waals surface area contributed by atoms with Gasteiger partial charge in [-0.2, -0.15) is 0 Å². The molecule has 2 aliphatic rings. The van der Waals surface area contributed by atoms with Crippen molar-refractivity contribution < 1.29 is 53.0 Å². The quantitative estimate of drug-likeness (QED) is 0.0314. The van der Waals surface area contributed by atoms with Gasteiger partial charge in [0.15, 0.2) is 29.2 Å². The molecule has 3 amide bonds. The number of likely N-dealkylation sites (N-methyl/N-ethyl adjacent to an activating group) is 1. The SMILES string of the molecule is CC[C@H](C)[C@H](CC(=O)[C@H]1CCCCN1C)C(=O)N(C)[C@H](C[C@@H](OC(C)=O)c1nc(C(=O)N[C@@H](Cc2ccc(CC(=O)[C@H](CCCCN)NC(=O)CCCCCC3C(=O)C=CC3=O)cc2)CC(C)C(=O)O)cs1)C(C)C. The maximum Gasteiger partial charge on any atom is 0.306 e. The van der Waals surface area contributed by atoms with Crippen molar-refractivity contribution in [1.29, 1.82) is 0 Å². The molecule has 0 radical (unpaired) electrons. The molecule has 5 N–H and O–H groups in total. The van der Waals surface area contributed by atoms with Crippen molar-refractivity contribution >= 4 is 64.1 Å². The number of amides is 3. The van der Waals surface area contributed by atoms with Crippen LogP contribution in [0.2, 0.25) is 0 Å². The number of hydrogen-bond acceptors (Lipinski definition) is 14. The van der Waals surface area contributed by atoms with Crippen LogP contribution in [0.1, 0.15) is 171 Å². The van der Waals surface area contributed by atoms with Crippen LogP contribution in [0.15, 0.2) is 41.8 Å². The van der Waals surface area contributed by atoms with Gasteiger partial charge in [0.25, 0.3) is 5.91 Å². The summed E-state index contributed by atoms with van der Waals surface area (Å²) < 4.78 is 5.84. The summed E-state index contributed by atoms with van der Waals surface area (Å²) in [7, 11) is 3.70. The zero-order valence-corrected chi connectivity index (χ0v) is 46.4. The second-order valence-corrected chi connectivity index (χ2v) is 22.2. The van der Waals surface area contributed by atoms with Crippen molar-refractivity contribution in [2.75, 3.05) is 27.2 Å². The van der Waals surface area contributed by atoms with E-state index in [0.717, 1.165) is 49.1 Å². The zero-order chi connectivity index (χ0) is 55.4. The Hall–Kier alpha value is -5.46. The summed E-state index contributed by atoms with van der Waals surface area (Å²) in [5.41, 5.74) is 7.28. The smallest absolute Gasteiger partial charge is 0.306 e. The van der Waals surface area contributed by atoms with Gasteiger partial charge in [-0.25, -0.2) is 4.98 Å². The number of nitrogens with two attached hydrogens (primary N) is 1. The number of ether oxygens (including phenoxy) is 1. The van der Waals surface area contributed by atoms with Gasteiger partial charge in [0.05, 0.1) is 23.9 Å². The maximum absolute atomic E-state index is 14.4. The first-order chi connectivity index (χ1) is 35.6. The van der Waals surface area contributed by atoms with Gasteiger partial charge in [0.1, 0.15) is 10.7 Å². The van der Waals surface area contributed by atoms with Crippen LogP contribution in [-0.2, 0) is 55.9 Å². The molecule has 18 heteroatoms. The minimum atomic E-state index is -1.02. The monoisotopic (exact) mass is 1060 g/mol. The normalized spacial score (nSPS) is 17.9. The summed E-state index contributed by atoms with van der Waals surface area (Å²) in [4.78, 5) is 125. The van der Waals surface area contributed by atoms with Crippen molar-refractivity contribution in [2.24, 2.45) is 35.3 Å². The van der Waals surface area contributed by atoms with Crippen molar-refractivity contribution in [3.63, 3.8) is 0 Å². The van der Waals surface area contributed by atoms with Crippen LogP contribution in [0, 0.1) is 29.6 Å². The lowest BCUT2D eigenvalue weighted by Gasteiger charge is -2.37. The number of unbranched alkanes of at least 4 members (excludes halogenated alkanes) is 3. The summed E-state index contributed by atoms with van der Waals surface area (Å²) >= 11 is 1.14. The number of ketones is 4. The Kier molecular flexibility index (Phi) is 25.6. The molecule has 75 heavy (non-hydrogen) atoms. The van der Waals surface area contributed by atoms with Crippen LogP contribution < -0.4 is 16.4 Å². The van der Waals surface area contributed by atoms with Crippen molar-refractivity contribution in [1.82, 2.24) is 25.4 Å². The zero-order valence-electron chi connectivity index (χ0n) is 45.6. The van der Waals surface area contributed by atoms with Gasteiger partial charge in [-0.15, -0.1) is 11.3 Å². The van der Waals surface area contributed by atoms with E-state index in [1.165, 1.54) is 19.1 Å². The van der Waals surface area contributed by atoms with Gasteiger partial charge in [-0.3, -0.25) is 48.1 Å². The standard InChI is InChI=1S/C57H84N6O11S/c1-9-36(4)43(32-51(68)46-19-14-16-28-62(46)7)56(71)63(8)47(35(2)3)33-52(74-38(6)64)55-61-45(34-75-55)54(70)59-41(29-37(5)57(72)73)30-39-21-23-40(24-22-39)31-50(67)44(18-13-15-27-58)60-53(69)20-12-10-11-17-42-48(65)25-26-49(42)66/h21-26,34-37,41-44,46-47,52H,9-20,27-33,58H2,1-8H3,(H,59,70)(H,60,69)(H,72,73)/t36-,37?,41+,43-,44-,46+,47+,52+/m0/s1. The fraction of sp³-hybridized carbons (Fsp3) is 0.649. The number of esters is 1. The van der Waals surface area contributed by atoms with Gasteiger partial charge < -0.3 is 31.1 Å². The van der Waals surface area contributed by atoms with E-state index in [4.69, 9.17) is 10.5 Å². The number of carboxylic acids is 1. The molecular formula is C57H84N6O11S. The molecule has 8 atom stereocenters. The Morgan fingerprint density at radius 2 is 1.60 bits per heavy atom. The van der Waals surface area contributed by atoms with E-state index in [0.29, 0.717) is 62.1 Å². The first-order valence-corrected chi connectivity index (χ1v) is 28.0. The number of benzene rings is 1. The van der Waals surface area contributed by atoms with Gasteiger partial charge in [0, 0.05) is 63.0 Å². The number of nitrogens with zero attached hydrogens (tertiary/aromatic N) is 3. The van der Waals surface area contributed by atoms with Crippen molar-refractivity contribution in [3.05, 3.63) is 63.6 Å². The molecule has 1 aromatic heterocycles. The Labute approximate surface area is 447 Å². The number of carboxylic acid groups (broad SMARTS) is 1. The highest BCUT2D eigenvalue weighted by Gasteiger charge is 2.38. The molecule has 0 bridgehead atoms. The number of carbonyl (C=O) groups excluding carboxylic acids is 8. The Balaban J connectivity index is 1.42. The van der Waals surface area contributed by atoms with Crippen LogP contribution in [0.3, 0.4) is 0 Å². The average molecular weight is 1060 g/mol. The summed E-state index contributed by atoms with van der Waals surface area (Å²) in [5, 5.41) is 17.7. The van der Waals surface area contributed by atoms with Gasteiger partial charge in [-0.05, 0) is 113 Å². The molecule has 0 spiro atoms. The van der Waals surface area contributed by atoms with E-state index in [1.54, 1.807) is 36.4 Å². The number of hydrogen-bond donors (Lipinski definition) is 4. The number of piperidine rings is 1. The lowest BCUT2D eigenvalue weighted by molar-refractivity contribution is -0.149. The highest BCUT2D eigenvalue weighted by molar-refractivity contribution is 7.09. The highest BCUT2D eigenvalue weighted by Crippen LogP contribution is 2.33. The molecule has 0 saturated carbocycles. The van der Waals surface area contributed by atoms with Crippen LogP contribution in [0.25, 0.3) is 0 Å². The molecule has 1 saturated heterocycles. The van der Waals surface area contributed by atoms with Crippen LogP contribution >= 0.6 is 11.3 Å². The van der Waals surface area contributed by atoms with E-state index in [9.17, 15) is 48.3 Å². The third-order valence-corrected chi connectivity index (χ3v) is 16.0. The molecular weight excluding hydrogens is 977 g/mol. The highest BCUT2D eigenvalue weighted by atomic mass is 32.1. The Bertz CT molecular complexity index is 2280. The fourth-order valence-corrected chi connectivity index (χ4v) is 11.0. The second-order valence-electron chi connectivity index (χ2n) is 21.3. The number of allylic oxidation sites excluding steroid dienone is 2. The number of likely N-dealkylation sites (tertiary alicyclic amines) is 1. The van der Waals surface area contributed by atoms with Gasteiger partial charge >= 0.3 is 11.9 Å². The molecule has 2 aromatic rings. The predicted octanol–water partition coefficient (Wildman–Crippen LogP) is 7.18. The molecule has 1 aliphatic carbocycles. The predicted molar refractivity (Wildman–Crippen MR) is 288 cm³/mol. The fourth-order valence-electron chi connectivity index (χ4n) is 10.2. The van der Waals surface area contributed by atoms with Crippen LogP contribution in [0.4, 0.5) is 0 Å². The van der Waals surface area contributed by atoms with Crippen LogP contribution in [0.5, 0.6) is 0 Å². The largest absolute Gasteiger partial charge is 0.481 e. The minimum Gasteiger partial charge on any atom is -0.481 e. The van der Waals surface area contributed by atoms with E-state index in [2.05, 4.69) is 20.5 Å². The van der Waals surface area contributed by atoms with Gasteiger partial charge in [-0.1, -0.05) is 84.6 Å². The lowest BCUT2D eigenvalue weighted by atomic mass is 9.83. The number of Topliss-reactive ketones (excluding diaryl/α,β-unsaturated/α-hetero) is 2. The van der Waals surface area contributed by atoms with Crippen molar-refractivity contribution in [2.45, 2.75) is 181 Å². The van der Waals surface area contributed by atoms with Crippen molar-refractivity contribution in [3.8, 4) is 0 Å². The molecule has 4 rings (SSSR count). The number of rotatable bonds is 33. The summed E-state index contributed by atoms with van der Waals surface area (Å²) in [5.74, 6) is -5.00. The minimum absolute atomic E-state index is 0.0471. The van der Waals surface area contributed by atoms with E-state index in [1.807, 2.05) is 46.9 Å². The summed E-state index contributed by atoms with van der Waals surface area (Å²) in [6.07, 6.45) is 10.3. The molecule has 1 fully saturated rings. The first-order valence-electron chi connectivity index (χ1n) is 27.1. The van der Waals surface area contributed by atoms with Gasteiger partial charge in [0.2, 0.25) is 11.8 Å². The molecule has 2 heterocycles. The topological polar surface area (TPSA) is 253 Å². The number of carbonyl (C=O) groups is 9. The van der Waals surface area contributed by atoms with E-state index < -0.39 is 59.8 Å². The molecule has 1 aromatic carbocycles. The molecule has 1 aliphatic heterocycles. The third kappa shape index (κ3) is 19.6. The number of nitrogens with one attached hydrogen (secondary N) is 2. The summed E-state index contributed by atoms with van der Waals surface area (Å²) in [6, 6.07) is 5.30. The Morgan fingerprint density at radius 1 is 0.920 bits per heavy atom. The number of thiazole rings is 1. The summed E-state index contributed by atoms with van der Waals surface area (Å²) in [6.45, 7) is 12.1. The third-order valence-electron chi connectivity index (χ3n) is 15.1. The Morgan fingerprint density at radius 3 is 2.21 bits per heavy atom. The number of aromatic nitrogens is 1. The molecule has 17 nitrogen and oxygen atoms in total. The van der Waals surface area contributed by atoms with E-state index in [-0.39, 0.29) is 97.0 Å². The molecule has 414 valence electrons. The van der Waals surface area contributed by atoms with E-state index >= 15 is 0 Å². The van der Waals surface area contributed by atoms with Crippen LogP contribution in [-0.4, -0.2) is 124 Å². The second kappa shape index (κ2) is 30.9. The lowest BCUT2D eigenvalue weighted by Crippen LogP contribution is -2.48. The molecule has 1 unspecified atom stereocenters. The first kappa shape index (κ1) is 62.1.